The normalized spacial score (nSPS) is 23.4. The molecule has 3 nitrogen and oxygen atoms in total. The third-order valence-electron chi connectivity index (χ3n) is 2.33. The van der Waals surface area contributed by atoms with Gasteiger partial charge in [-0.05, 0) is 18.8 Å². The van der Waals surface area contributed by atoms with E-state index in [1.807, 2.05) is 5.01 Å². The summed E-state index contributed by atoms with van der Waals surface area (Å²) in [4.78, 5) is 0. The van der Waals surface area contributed by atoms with E-state index in [1.54, 1.807) is 0 Å². The van der Waals surface area contributed by atoms with Crippen LogP contribution in [-0.4, -0.2) is 23.3 Å². The summed E-state index contributed by atoms with van der Waals surface area (Å²) in [5, 5.41) is 10.4. The van der Waals surface area contributed by atoms with E-state index >= 15 is 0 Å². The highest BCUT2D eigenvalue weighted by atomic mass is 16.5. The lowest BCUT2D eigenvalue weighted by atomic mass is 9.95. The van der Waals surface area contributed by atoms with E-state index < -0.39 is 0 Å². The minimum Gasteiger partial charge on any atom is -0.302 e. The molecule has 0 amide bonds. The SMILES string of the molecule is CCC1CCN(NO)CC1. The maximum Gasteiger partial charge on any atom is 0.0155 e. The average molecular weight is 144 g/mol. The number of hydrazine groups is 1. The van der Waals surface area contributed by atoms with E-state index in [4.69, 9.17) is 5.21 Å². The van der Waals surface area contributed by atoms with Crippen LogP contribution >= 0.6 is 0 Å². The van der Waals surface area contributed by atoms with Crippen LogP contribution in [0.1, 0.15) is 26.2 Å². The molecule has 0 aliphatic carbocycles. The fraction of sp³-hybridized carbons (Fsp3) is 1.00. The van der Waals surface area contributed by atoms with Gasteiger partial charge in [0.15, 0.2) is 0 Å². The summed E-state index contributed by atoms with van der Waals surface area (Å²) >= 11 is 0. The fourth-order valence-corrected chi connectivity index (χ4v) is 1.44. The van der Waals surface area contributed by atoms with Gasteiger partial charge in [0.05, 0.1) is 0 Å². The van der Waals surface area contributed by atoms with Crippen molar-refractivity contribution < 1.29 is 5.21 Å². The highest BCUT2D eigenvalue weighted by Gasteiger charge is 2.16. The molecule has 10 heavy (non-hydrogen) atoms. The third kappa shape index (κ3) is 1.94. The molecule has 0 saturated carbocycles. The zero-order chi connectivity index (χ0) is 7.40. The van der Waals surface area contributed by atoms with Gasteiger partial charge in [-0.15, -0.1) is 5.59 Å². The lowest BCUT2D eigenvalue weighted by molar-refractivity contribution is -0.0392. The highest BCUT2D eigenvalue weighted by molar-refractivity contribution is 4.67. The molecule has 0 aromatic carbocycles. The monoisotopic (exact) mass is 144 g/mol. The zero-order valence-electron chi connectivity index (χ0n) is 6.51. The summed E-state index contributed by atoms with van der Waals surface area (Å²) in [7, 11) is 0. The summed E-state index contributed by atoms with van der Waals surface area (Å²) in [5.41, 5.74) is 2.18. The van der Waals surface area contributed by atoms with Crippen molar-refractivity contribution in [2.45, 2.75) is 26.2 Å². The minimum atomic E-state index is 0.879. The van der Waals surface area contributed by atoms with E-state index in [0.29, 0.717) is 0 Å². The second-order valence-electron chi connectivity index (χ2n) is 2.94. The van der Waals surface area contributed by atoms with Crippen LogP contribution in [0.4, 0.5) is 0 Å². The van der Waals surface area contributed by atoms with Gasteiger partial charge in [0.1, 0.15) is 0 Å². The van der Waals surface area contributed by atoms with Crippen molar-refractivity contribution in [3.05, 3.63) is 0 Å². The Hall–Kier alpha value is -0.120. The van der Waals surface area contributed by atoms with Crippen molar-refractivity contribution in [1.29, 1.82) is 0 Å². The van der Waals surface area contributed by atoms with Gasteiger partial charge in [-0.1, -0.05) is 13.3 Å². The van der Waals surface area contributed by atoms with Crippen LogP contribution in [-0.2, 0) is 0 Å². The number of piperidine rings is 1. The molecule has 0 radical (unpaired) electrons. The van der Waals surface area contributed by atoms with E-state index in [9.17, 15) is 0 Å². The molecule has 0 bridgehead atoms. The molecule has 0 aromatic heterocycles. The Labute approximate surface area is 62.0 Å². The number of nitrogens with one attached hydrogen (secondary N) is 1. The van der Waals surface area contributed by atoms with Crippen LogP contribution in [0.5, 0.6) is 0 Å². The highest BCUT2D eigenvalue weighted by Crippen LogP contribution is 2.17. The summed E-state index contributed by atoms with van der Waals surface area (Å²) in [6.07, 6.45) is 3.70. The van der Waals surface area contributed by atoms with Crippen LogP contribution in [0.3, 0.4) is 0 Å². The predicted octanol–water partition coefficient (Wildman–Crippen LogP) is 1.00. The lowest BCUT2D eigenvalue weighted by Crippen LogP contribution is -2.41. The van der Waals surface area contributed by atoms with Crippen LogP contribution < -0.4 is 5.59 Å². The van der Waals surface area contributed by atoms with Crippen molar-refractivity contribution in [1.82, 2.24) is 10.6 Å². The quantitative estimate of drug-likeness (QED) is 0.568. The van der Waals surface area contributed by atoms with Gasteiger partial charge in [0, 0.05) is 13.1 Å². The number of hydrogen-bond donors (Lipinski definition) is 2. The van der Waals surface area contributed by atoms with Crippen LogP contribution in [0.25, 0.3) is 0 Å². The second kappa shape index (κ2) is 3.91. The molecule has 1 aliphatic rings. The molecule has 0 unspecified atom stereocenters. The molecule has 1 rings (SSSR count). The lowest BCUT2D eigenvalue weighted by Gasteiger charge is -2.29. The van der Waals surface area contributed by atoms with Gasteiger partial charge >= 0.3 is 0 Å². The van der Waals surface area contributed by atoms with Crippen molar-refractivity contribution in [3.63, 3.8) is 0 Å². The first-order valence-corrected chi connectivity index (χ1v) is 4.01. The van der Waals surface area contributed by atoms with Crippen molar-refractivity contribution in [3.8, 4) is 0 Å². The second-order valence-corrected chi connectivity index (χ2v) is 2.94. The van der Waals surface area contributed by atoms with Gasteiger partial charge in [0.25, 0.3) is 0 Å². The number of rotatable bonds is 2. The summed E-state index contributed by atoms with van der Waals surface area (Å²) in [6.45, 7) is 4.19. The fourth-order valence-electron chi connectivity index (χ4n) is 1.44. The molecule has 1 saturated heterocycles. The summed E-state index contributed by atoms with van der Waals surface area (Å²) in [5.74, 6) is 0.879. The molecule has 0 atom stereocenters. The third-order valence-corrected chi connectivity index (χ3v) is 2.33. The van der Waals surface area contributed by atoms with Gasteiger partial charge in [-0.2, -0.15) is 0 Å². The zero-order valence-corrected chi connectivity index (χ0v) is 6.51. The largest absolute Gasteiger partial charge is 0.302 e. The van der Waals surface area contributed by atoms with E-state index in [1.165, 1.54) is 19.3 Å². The molecule has 1 heterocycles. The summed E-state index contributed by atoms with van der Waals surface area (Å²) < 4.78 is 0. The van der Waals surface area contributed by atoms with Gasteiger partial charge in [0.2, 0.25) is 0 Å². The Kier molecular flexibility index (Phi) is 3.12. The Balaban J connectivity index is 2.17. The van der Waals surface area contributed by atoms with E-state index in [2.05, 4.69) is 12.5 Å². The van der Waals surface area contributed by atoms with Gasteiger partial charge < -0.3 is 5.21 Å². The number of nitrogens with zero attached hydrogens (tertiary/aromatic N) is 1. The maximum atomic E-state index is 8.53. The van der Waals surface area contributed by atoms with Crippen molar-refractivity contribution in [2.24, 2.45) is 5.92 Å². The Bertz CT molecular complexity index is 77.6. The average Bonchev–Trinajstić information content (AvgIpc) is 2.05. The van der Waals surface area contributed by atoms with E-state index in [-0.39, 0.29) is 0 Å². The number of hydrogen-bond acceptors (Lipinski definition) is 3. The first-order chi connectivity index (χ1) is 4.86. The smallest absolute Gasteiger partial charge is 0.0155 e. The van der Waals surface area contributed by atoms with Crippen LogP contribution in [0.2, 0.25) is 0 Å². The molecular weight excluding hydrogens is 128 g/mol. The van der Waals surface area contributed by atoms with Crippen molar-refractivity contribution in [2.75, 3.05) is 13.1 Å². The molecule has 60 valence electrons. The van der Waals surface area contributed by atoms with Gasteiger partial charge in [-0.25, -0.2) is 5.01 Å². The Morgan fingerprint density at radius 1 is 1.50 bits per heavy atom. The minimum absolute atomic E-state index is 0.879. The van der Waals surface area contributed by atoms with Crippen LogP contribution in [0, 0.1) is 5.92 Å². The molecule has 3 heteroatoms. The topological polar surface area (TPSA) is 35.5 Å². The predicted molar refractivity (Wildman–Crippen MR) is 39.5 cm³/mol. The summed E-state index contributed by atoms with van der Waals surface area (Å²) in [6, 6.07) is 0. The Morgan fingerprint density at radius 3 is 2.50 bits per heavy atom. The Morgan fingerprint density at radius 2 is 2.10 bits per heavy atom. The molecule has 0 spiro atoms. The molecule has 0 aromatic rings. The van der Waals surface area contributed by atoms with Crippen molar-refractivity contribution >= 4 is 0 Å². The standard InChI is InChI=1S/C7H16N2O/c1-2-7-3-5-9(8-10)6-4-7/h7-8,10H,2-6H2,1H3. The maximum absolute atomic E-state index is 8.53. The van der Waals surface area contributed by atoms with Gasteiger partial charge in [-0.3, -0.25) is 0 Å². The molecule has 1 aliphatic heterocycles. The first-order valence-electron chi connectivity index (χ1n) is 4.01. The van der Waals surface area contributed by atoms with Crippen LogP contribution in [0.15, 0.2) is 0 Å². The molecule has 1 fully saturated rings. The molecular formula is C7H16N2O. The van der Waals surface area contributed by atoms with E-state index in [0.717, 1.165) is 19.0 Å². The molecule has 2 N–H and O–H groups in total. The first kappa shape index (κ1) is 7.98.